The molecule has 0 radical (unpaired) electrons. The molecule has 5 nitrogen and oxygen atoms in total. The molecule has 1 aromatic heterocycles. The molecule has 0 aliphatic heterocycles. The second-order valence-corrected chi connectivity index (χ2v) is 6.95. The maximum Gasteiger partial charge on any atom is 0.419 e. The molecular formula is C21H14F4N2O3S. The maximum atomic E-state index is 14.1. The van der Waals surface area contributed by atoms with E-state index in [9.17, 15) is 27.2 Å². The van der Waals surface area contributed by atoms with Gasteiger partial charge in [-0.05, 0) is 30.3 Å². The van der Waals surface area contributed by atoms with Gasteiger partial charge in [0.15, 0.2) is 5.13 Å². The van der Waals surface area contributed by atoms with Crippen LogP contribution in [-0.2, 0) is 15.8 Å². The first-order chi connectivity index (χ1) is 14.7. The van der Waals surface area contributed by atoms with Crippen molar-refractivity contribution in [2.24, 2.45) is 0 Å². The third kappa shape index (κ3) is 5.34. The summed E-state index contributed by atoms with van der Waals surface area (Å²) in [7, 11) is 0. The smallest absolute Gasteiger partial charge is 0.419 e. The third-order valence-corrected chi connectivity index (χ3v) is 4.75. The van der Waals surface area contributed by atoms with Crippen LogP contribution in [0.25, 0.3) is 6.08 Å². The number of alkyl halides is 3. The summed E-state index contributed by atoms with van der Waals surface area (Å²) in [6.45, 7) is 1.25. The van der Waals surface area contributed by atoms with Gasteiger partial charge in [0.05, 0.1) is 16.9 Å². The Labute approximate surface area is 178 Å². The van der Waals surface area contributed by atoms with Gasteiger partial charge in [-0.3, -0.25) is 9.69 Å². The van der Waals surface area contributed by atoms with Crippen LogP contribution in [0.1, 0.15) is 18.2 Å². The third-order valence-electron chi connectivity index (χ3n) is 3.90. The van der Waals surface area contributed by atoms with Crippen molar-refractivity contribution in [3.8, 4) is 5.75 Å². The number of aromatic nitrogens is 1. The van der Waals surface area contributed by atoms with Crippen molar-refractivity contribution >= 4 is 40.1 Å². The average molecular weight is 450 g/mol. The number of nitrogens with zero attached hydrogens (tertiary/aromatic N) is 2. The van der Waals surface area contributed by atoms with Crippen molar-refractivity contribution in [3.63, 3.8) is 0 Å². The van der Waals surface area contributed by atoms with Crippen LogP contribution in [0.5, 0.6) is 5.75 Å². The Hall–Kier alpha value is -3.53. The summed E-state index contributed by atoms with van der Waals surface area (Å²) >= 11 is 1.03. The number of amides is 1. The Morgan fingerprint density at radius 1 is 1.10 bits per heavy atom. The summed E-state index contributed by atoms with van der Waals surface area (Å²) in [6.07, 6.45) is -2.54. The van der Waals surface area contributed by atoms with Gasteiger partial charge in [-0.2, -0.15) is 13.2 Å². The van der Waals surface area contributed by atoms with E-state index in [2.05, 4.69) is 4.98 Å². The molecule has 1 amide bonds. The van der Waals surface area contributed by atoms with Gasteiger partial charge >= 0.3 is 12.1 Å². The van der Waals surface area contributed by atoms with Gasteiger partial charge in [0.1, 0.15) is 11.6 Å². The van der Waals surface area contributed by atoms with Gasteiger partial charge in [0.25, 0.3) is 0 Å². The van der Waals surface area contributed by atoms with Gasteiger partial charge in [0.2, 0.25) is 5.91 Å². The number of thiazole rings is 1. The van der Waals surface area contributed by atoms with Crippen LogP contribution in [-0.4, -0.2) is 16.9 Å². The molecular weight excluding hydrogens is 436 g/mol. The second kappa shape index (κ2) is 9.09. The number of para-hydroxylation sites is 2. The predicted molar refractivity (Wildman–Crippen MR) is 107 cm³/mol. The Morgan fingerprint density at radius 2 is 1.77 bits per heavy atom. The highest BCUT2D eigenvalue weighted by molar-refractivity contribution is 7.14. The lowest BCUT2D eigenvalue weighted by Crippen LogP contribution is -2.23. The summed E-state index contributed by atoms with van der Waals surface area (Å²) in [6, 6.07) is 10.0. The SMILES string of the molecule is CC(=O)N(c1nc(/C=C/C(=O)Oc2ccccc2C(F)(F)F)cs1)c1ccccc1F. The van der Waals surface area contributed by atoms with E-state index in [-0.39, 0.29) is 16.5 Å². The molecule has 0 atom stereocenters. The highest BCUT2D eigenvalue weighted by atomic mass is 32.1. The average Bonchev–Trinajstić information content (AvgIpc) is 3.16. The fraction of sp³-hybridized carbons (Fsp3) is 0.0952. The molecule has 1 heterocycles. The first-order valence-corrected chi connectivity index (χ1v) is 9.61. The van der Waals surface area contributed by atoms with E-state index in [1.807, 2.05) is 0 Å². The first-order valence-electron chi connectivity index (χ1n) is 8.73. The summed E-state index contributed by atoms with van der Waals surface area (Å²) in [5, 5.41) is 1.66. The zero-order chi connectivity index (χ0) is 22.6. The Balaban J connectivity index is 1.77. The highest BCUT2D eigenvalue weighted by Crippen LogP contribution is 2.36. The Kier molecular flexibility index (Phi) is 6.50. The molecule has 0 fully saturated rings. The van der Waals surface area contributed by atoms with Crippen LogP contribution in [0, 0.1) is 5.82 Å². The number of rotatable bonds is 5. The van der Waals surface area contributed by atoms with Crippen LogP contribution in [0.4, 0.5) is 28.4 Å². The normalized spacial score (nSPS) is 11.5. The summed E-state index contributed by atoms with van der Waals surface area (Å²) in [5.41, 5.74) is -0.818. The van der Waals surface area contributed by atoms with Crippen molar-refractivity contribution in [2.45, 2.75) is 13.1 Å². The van der Waals surface area contributed by atoms with E-state index < -0.39 is 35.2 Å². The zero-order valence-corrected chi connectivity index (χ0v) is 16.7. The van der Waals surface area contributed by atoms with E-state index in [1.165, 1.54) is 48.7 Å². The van der Waals surface area contributed by atoms with Gasteiger partial charge < -0.3 is 4.74 Å². The zero-order valence-electron chi connectivity index (χ0n) is 15.9. The molecule has 0 saturated heterocycles. The fourth-order valence-corrected chi connectivity index (χ4v) is 3.43. The maximum absolute atomic E-state index is 14.1. The quantitative estimate of drug-likeness (QED) is 0.220. The summed E-state index contributed by atoms with van der Waals surface area (Å²) in [4.78, 5) is 29.2. The van der Waals surface area contributed by atoms with E-state index in [0.717, 1.165) is 34.4 Å². The number of ether oxygens (including phenoxy) is 1. The minimum Gasteiger partial charge on any atom is -0.423 e. The van der Waals surface area contributed by atoms with Gasteiger partial charge in [0, 0.05) is 18.4 Å². The lowest BCUT2D eigenvalue weighted by atomic mass is 10.2. The van der Waals surface area contributed by atoms with Crippen molar-refractivity contribution in [1.29, 1.82) is 0 Å². The molecule has 0 N–H and O–H groups in total. The van der Waals surface area contributed by atoms with Gasteiger partial charge in [-0.25, -0.2) is 14.2 Å². The summed E-state index contributed by atoms with van der Waals surface area (Å²) in [5.74, 6) is -2.75. The van der Waals surface area contributed by atoms with Gasteiger partial charge in [-0.15, -0.1) is 11.3 Å². The first kappa shape index (κ1) is 22.2. The van der Waals surface area contributed by atoms with Crippen molar-refractivity contribution in [3.05, 3.63) is 77.1 Å². The largest absolute Gasteiger partial charge is 0.423 e. The molecule has 3 aromatic rings. The van der Waals surface area contributed by atoms with Crippen molar-refractivity contribution < 1.29 is 31.9 Å². The molecule has 2 aromatic carbocycles. The molecule has 160 valence electrons. The standard InChI is InChI=1S/C21H14F4N2O3S/c1-13(28)27(17-8-4-3-7-16(17)22)20-26-14(12-31-20)10-11-19(29)30-18-9-5-2-6-15(18)21(23,24)25/h2-12H,1H3/b11-10+. The number of esters is 1. The Morgan fingerprint density at radius 3 is 2.45 bits per heavy atom. The van der Waals surface area contributed by atoms with E-state index in [0.29, 0.717) is 0 Å². The Bertz CT molecular complexity index is 1140. The lowest BCUT2D eigenvalue weighted by molar-refractivity contribution is -0.140. The minimum absolute atomic E-state index is 0.0167. The molecule has 0 saturated carbocycles. The highest BCUT2D eigenvalue weighted by Gasteiger charge is 2.34. The van der Waals surface area contributed by atoms with E-state index in [4.69, 9.17) is 4.74 Å². The van der Waals surface area contributed by atoms with E-state index >= 15 is 0 Å². The number of anilines is 2. The molecule has 0 unspecified atom stereocenters. The van der Waals surface area contributed by atoms with Crippen molar-refractivity contribution in [1.82, 2.24) is 4.98 Å². The number of hydrogen-bond donors (Lipinski definition) is 0. The number of benzene rings is 2. The molecule has 10 heteroatoms. The van der Waals surface area contributed by atoms with E-state index in [1.54, 1.807) is 6.07 Å². The minimum atomic E-state index is -4.67. The number of carbonyl (C=O) groups is 2. The van der Waals surface area contributed by atoms with Crippen LogP contribution in [0.15, 0.2) is 60.0 Å². The molecule has 0 aliphatic rings. The number of carbonyl (C=O) groups excluding carboxylic acids is 2. The topological polar surface area (TPSA) is 59.5 Å². The predicted octanol–water partition coefficient (Wildman–Crippen LogP) is 5.60. The lowest BCUT2D eigenvalue weighted by Gasteiger charge is -2.18. The monoisotopic (exact) mass is 450 g/mol. The number of hydrogen-bond acceptors (Lipinski definition) is 5. The molecule has 0 aliphatic carbocycles. The van der Waals surface area contributed by atoms with Crippen LogP contribution < -0.4 is 9.64 Å². The van der Waals surface area contributed by atoms with Crippen LogP contribution >= 0.6 is 11.3 Å². The molecule has 31 heavy (non-hydrogen) atoms. The number of halogens is 4. The molecule has 0 spiro atoms. The van der Waals surface area contributed by atoms with Gasteiger partial charge in [-0.1, -0.05) is 24.3 Å². The van der Waals surface area contributed by atoms with Crippen LogP contribution in [0.2, 0.25) is 0 Å². The fourth-order valence-electron chi connectivity index (χ4n) is 2.58. The second-order valence-electron chi connectivity index (χ2n) is 6.11. The summed E-state index contributed by atoms with van der Waals surface area (Å²) < 4.78 is 57.8. The molecule has 3 rings (SSSR count). The van der Waals surface area contributed by atoms with Crippen LogP contribution in [0.3, 0.4) is 0 Å². The molecule has 0 bridgehead atoms. The van der Waals surface area contributed by atoms with Crippen molar-refractivity contribution in [2.75, 3.05) is 4.90 Å².